The Morgan fingerprint density at radius 2 is 1.89 bits per heavy atom. The Kier molecular flexibility index (Phi) is 2.86. The molecule has 7 nitrogen and oxygen atoms in total. The largest absolute Gasteiger partial charge is 0.332 e. The Bertz CT molecular complexity index is 722. The number of nitrogens with two attached hydrogens (primary N) is 1. The molecule has 0 saturated carbocycles. The molecule has 2 aromatic rings. The van der Waals surface area contributed by atoms with Crippen LogP contribution in [-0.2, 0) is 14.1 Å². The first-order valence-electron chi connectivity index (χ1n) is 5.74. The molecule has 2 heterocycles. The van der Waals surface area contributed by atoms with Gasteiger partial charge >= 0.3 is 5.69 Å². The van der Waals surface area contributed by atoms with Crippen LogP contribution in [0.15, 0.2) is 9.59 Å². The third kappa shape index (κ3) is 1.51. The molecule has 1 unspecified atom stereocenters. The summed E-state index contributed by atoms with van der Waals surface area (Å²) in [4.78, 5) is 28.3. The molecule has 1 atom stereocenters. The molecule has 0 aliphatic rings. The summed E-state index contributed by atoms with van der Waals surface area (Å²) >= 11 is 0. The summed E-state index contributed by atoms with van der Waals surface area (Å²) in [5.41, 5.74) is 5.77. The van der Waals surface area contributed by atoms with Crippen LogP contribution in [0.4, 0.5) is 0 Å². The SMILES string of the molecule is Cc1nc2c(c(=O)n(C)c(=O)n2C)n1C(C)CN. The minimum Gasteiger partial charge on any atom is -0.328 e. The predicted molar refractivity (Wildman–Crippen MR) is 68.7 cm³/mol. The molecule has 0 fully saturated rings. The second-order valence-corrected chi connectivity index (χ2v) is 4.49. The monoisotopic (exact) mass is 251 g/mol. The second-order valence-electron chi connectivity index (χ2n) is 4.49. The zero-order valence-corrected chi connectivity index (χ0v) is 11.0. The second kappa shape index (κ2) is 4.09. The molecule has 98 valence electrons. The predicted octanol–water partition coefficient (Wildman–Crippen LogP) is -0.738. The molecule has 0 spiro atoms. The third-order valence-electron chi connectivity index (χ3n) is 3.25. The highest BCUT2D eigenvalue weighted by molar-refractivity contribution is 5.71. The molecule has 2 aromatic heterocycles. The smallest absolute Gasteiger partial charge is 0.328 e. The van der Waals surface area contributed by atoms with Crippen LogP contribution in [0, 0.1) is 6.92 Å². The first kappa shape index (κ1) is 12.6. The van der Waals surface area contributed by atoms with Crippen molar-refractivity contribution in [3.8, 4) is 0 Å². The topological polar surface area (TPSA) is 87.8 Å². The van der Waals surface area contributed by atoms with E-state index in [1.165, 1.54) is 11.6 Å². The fourth-order valence-electron chi connectivity index (χ4n) is 2.17. The quantitative estimate of drug-likeness (QED) is 0.761. The molecule has 0 aliphatic carbocycles. The molecular formula is C11H17N5O2. The van der Waals surface area contributed by atoms with Gasteiger partial charge in [-0.25, -0.2) is 9.78 Å². The highest BCUT2D eigenvalue weighted by Crippen LogP contribution is 2.15. The Hall–Kier alpha value is -1.89. The number of imidazole rings is 1. The van der Waals surface area contributed by atoms with E-state index in [1.807, 2.05) is 6.92 Å². The van der Waals surface area contributed by atoms with E-state index >= 15 is 0 Å². The lowest BCUT2D eigenvalue weighted by atomic mass is 10.3. The van der Waals surface area contributed by atoms with Gasteiger partial charge in [-0.15, -0.1) is 0 Å². The standard InChI is InChI=1S/C11H17N5O2/c1-6(5-12)16-7(2)13-9-8(16)10(17)15(4)11(18)14(9)3/h6H,5,12H2,1-4H3. The number of hydrogen-bond donors (Lipinski definition) is 1. The molecule has 0 bridgehead atoms. The van der Waals surface area contributed by atoms with Crippen molar-refractivity contribution in [1.29, 1.82) is 0 Å². The van der Waals surface area contributed by atoms with Crippen molar-refractivity contribution in [2.45, 2.75) is 19.9 Å². The average Bonchev–Trinajstić information content (AvgIpc) is 2.70. The summed E-state index contributed by atoms with van der Waals surface area (Å²) in [6, 6.07) is -0.0415. The summed E-state index contributed by atoms with van der Waals surface area (Å²) in [5, 5.41) is 0. The maximum Gasteiger partial charge on any atom is 0.332 e. The van der Waals surface area contributed by atoms with Crippen molar-refractivity contribution in [3.63, 3.8) is 0 Å². The van der Waals surface area contributed by atoms with Crippen LogP contribution in [0.1, 0.15) is 18.8 Å². The maximum atomic E-state index is 12.2. The van der Waals surface area contributed by atoms with E-state index in [4.69, 9.17) is 5.73 Å². The van der Waals surface area contributed by atoms with E-state index in [2.05, 4.69) is 4.98 Å². The highest BCUT2D eigenvalue weighted by Gasteiger charge is 2.19. The third-order valence-corrected chi connectivity index (χ3v) is 3.25. The highest BCUT2D eigenvalue weighted by atomic mass is 16.2. The molecule has 18 heavy (non-hydrogen) atoms. The van der Waals surface area contributed by atoms with Crippen molar-refractivity contribution in [2.75, 3.05) is 6.54 Å². The van der Waals surface area contributed by atoms with Gasteiger partial charge in [0.2, 0.25) is 0 Å². The first-order valence-corrected chi connectivity index (χ1v) is 5.74. The fraction of sp³-hybridized carbons (Fsp3) is 0.545. The summed E-state index contributed by atoms with van der Waals surface area (Å²) < 4.78 is 4.25. The van der Waals surface area contributed by atoms with Crippen LogP contribution in [0.5, 0.6) is 0 Å². The van der Waals surface area contributed by atoms with Crippen molar-refractivity contribution >= 4 is 11.2 Å². The minimum atomic E-state index is -0.377. The van der Waals surface area contributed by atoms with E-state index in [0.29, 0.717) is 23.5 Å². The van der Waals surface area contributed by atoms with E-state index in [9.17, 15) is 9.59 Å². The minimum absolute atomic E-state index is 0.0415. The molecule has 0 radical (unpaired) electrons. The normalized spacial score (nSPS) is 13.2. The van der Waals surface area contributed by atoms with Crippen LogP contribution >= 0.6 is 0 Å². The van der Waals surface area contributed by atoms with Gasteiger partial charge in [-0.3, -0.25) is 13.9 Å². The van der Waals surface area contributed by atoms with Gasteiger partial charge in [0, 0.05) is 26.7 Å². The van der Waals surface area contributed by atoms with Gasteiger partial charge in [0.15, 0.2) is 11.2 Å². The van der Waals surface area contributed by atoms with Gasteiger partial charge < -0.3 is 10.3 Å². The molecular weight excluding hydrogens is 234 g/mol. The van der Waals surface area contributed by atoms with E-state index in [-0.39, 0.29) is 17.3 Å². The zero-order chi connectivity index (χ0) is 13.6. The van der Waals surface area contributed by atoms with E-state index < -0.39 is 0 Å². The van der Waals surface area contributed by atoms with Gasteiger partial charge in [0.25, 0.3) is 5.56 Å². The van der Waals surface area contributed by atoms with Gasteiger partial charge in [-0.1, -0.05) is 0 Å². The van der Waals surface area contributed by atoms with Crippen LogP contribution in [0.25, 0.3) is 11.2 Å². The van der Waals surface area contributed by atoms with E-state index in [1.54, 1.807) is 18.5 Å². The molecule has 7 heteroatoms. The summed E-state index contributed by atoms with van der Waals surface area (Å²) in [6.45, 7) is 4.12. The van der Waals surface area contributed by atoms with E-state index in [0.717, 1.165) is 4.57 Å². The number of aryl methyl sites for hydroxylation is 2. The number of fused-ring (bicyclic) bond motifs is 1. The number of nitrogens with zero attached hydrogens (tertiary/aromatic N) is 4. The van der Waals surface area contributed by atoms with Crippen LogP contribution < -0.4 is 17.0 Å². The Labute approximate surface area is 103 Å². The molecule has 0 saturated heterocycles. The van der Waals surface area contributed by atoms with Gasteiger partial charge in [-0.2, -0.15) is 0 Å². The van der Waals surface area contributed by atoms with Crippen molar-refractivity contribution in [2.24, 2.45) is 19.8 Å². The lowest BCUT2D eigenvalue weighted by molar-refractivity contribution is 0.555. The number of rotatable bonds is 2. The lowest BCUT2D eigenvalue weighted by Gasteiger charge is -2.13. The Morgan fingerprint density at radius 1 is 1.28 bits per heavy atom. The van der Waals surface area contributed by atoms with Crippen LogP contribution in [0.2, 0.25) is 0 Å². The molecule has 0 amide bonds. The molecule has 2 rings (SSSR count). The first-order chi connectivity index (χ1) is 8.40. The summed E-state index contributed by atoms with van der Waals surface area (Å²) in [6.07, 6.45) is 0. The zero-order valence-electron chi connectivity index (χ0n) is 11.0. The summed E-state index contributed by atoms with van der Waals surface area (Å²) in [7, 11) is 3.07. The van der Waals surface area contributed by atoms with Gasteiger partial charge in [0.1, 0.15) is 5.82 Å². The van der Waals surface area contributed by atoms with Crippen LogP contribution in [0.3, 0.4) is 0 Å². The molecule has 0 aromatic carbocycles. The molecule has 2 N–H and O–H groups in total. The molecule has 0 aliphatic heterocycles. The Balaban J connectivity index is 3.04. The van der Waals surface area contributed by atoms with Gasteiger partial charge in [-0.05, 0) is 13.8 Å². The average molecular weight is 251 g/mol. The summed E-state index contributed by atoms with van der Waals surface area (Å²) in [5.74, 6) is 0.682. The Morgan fingerprint density at radius 3 is 2.44 bits per heavy atom. The van der Waals surface area contributed by atoms with Gasteiger partial charge in [0.05, 0.1) is 0 Å². The van der Waals surface area contributed by atoms with Crippen molar-refractivity contribution < 1.29 is 0 Å². The number of hydrogen-bond acceptors (Lipinski definition) is 4. The van der Waals surface area contributed by atoms with Crippen LogP contribution in [-0.4, -0.2) is 25.2 Å². The lowest BCUT2D eigenvalue weighted by Crippen LogP contribution is -2.38. The maximum absolute atomic E-state index is 12.2. The number of aromatic nitrogens is 4. The van der Waals surface area contributed by atoms with Crippen molar-refractivity contribution in [3.05, 3.63) is 26.7 Å². The fourth-order valence-corrected chi connectivity index (χ4v) is 2.17. The van der Waals surface area contributed by atoms with Crippen molar-refractivity contribution in [1.82, 2.24) is 18.7 Å².